The van der Waals surface area contributed by atoms with Crippen molar-refractivity contribution in [3.8, 4) is 11.1 Å². The molecule has 0 saturated heterocycles. The van der Waals surface area contributed by atoms with Crippen LogP contribution in [-0.2, 0) is 6.42 Å². The van der Waals surface area contributed by atoms with Gasteiger partial charge in [0.2, 0.25) is 0 Å². The molecule has 1 aliphatic carbocycles. The lowest BCUT2D eigenvalue weighted by molar-refractivity contribution is 0.492. The van der Waals surface area contributed by atoms with Crippen molar-refractivity contribution in [3.05, 3.63) is 99.6 Å². The second-order valence-electron chi connectivity index (χ2n) is 9.14. The molecule has 4 rings (SSSR count). The highest BCUT2D eigenvalue weighted by Gasteiger charge is 2.23. The molecule has 0 bridgehead atoms. The van der Waals surface area contributed by atoms with E-state index in [-0.39, 0.29) is 0 Å². The van der Waals surface area contributed by atoms with Crippen LogP contribution in [0.3, 0.4) is 0 Å². The van der Waals surface area contributed by atoms with Crippen molar-refractivity contribution >= 4 is 6.08 Å². The summed E-state index contributed by atoms with van der Waals surface area (Å²) in [6.45, 7) is 11.3. The lowest BCUT2D eigenvalue weighted by atomic mass is 9.82. The second kappa shape index (κ2) is 8.03. The number of hydrogen-bond acceptors (Lipinski definition) is 0. The Morgan fingerprint density at radius 3 is 2.00 bits per heavy atom. The SMILES string of the molecule is Cc1ccc(-c2c(C)ccc3c2CC(CC(c2ccc(C)cc2)C(C)C)=C3)cc1. The van der Waals surface area contributed by atoms with Gasteiger partial charge in [0.05, 0.1) is 0 Å². The first-order valence-corrected chi connectivity index (χ1v) is 10.9. The summed E-state index contributed by atoms with van der Waals surface area (Å²) in [6.07, 6.45) is 4.67. The van der Waals surface area contributed by atoms with E-state index in [0.717, 1.165) is 12.8 Å². The van der Waals surface area contributed by atoms with Crippen LogP contribution in [0.1, 0.15) is 59.6 Å². The van der Waals surface area contributed by atoms with Crippen LogP contribution in [0.5, 0.6) is 0 Å². The molecule has 29 heavy (non-hydrogen) atoms. The Bertz CT molecular complexity index is 1030. The number of fused-ring (bicyclic) bond motifs is 1. The van der Waals surface area contributed by atoms with Gasteiger partial charge < -0.3 is 0 Å². The molecule has 0 nitrogen and oxygen atoms in total. The van der Waals surface area contributed by atoms with Crippen molar-refractivity contribution in [1.82, 2.24) is 0 Å². The molecule has 1 unspecified atom stereocenters. The summed E-state index contributed by atoms with van der Waals surface area (Å²) in [5.41, 5.74) is 12.8. The van der Waals surface area contributed by atoms with Gasteiger partial charge in [-0.05, 0) is 78.8 Å². The summed E-state index contributed by atoms with van der Waals surface area (Å²) >= 11 is 0. The number of aryl methyl sites for hydroxylation is 3. The Labute approximate surface area is 176 Å². The maximum absolute atomic E-state index is 2.45. The molecular weight excluding hydrogens is 348 g/mol. The van der Waals surface area contributed by atoms with Crippen molar-refractivity contribution in [2.45, 2.75) is 53.4 Å². The van der Waals surface area contributed by atoms with Gasteiger partial charge >= 0.3 is 0 Å². The standard InChI is InChI=1S/C29H32/c1-19(2)27(24-11-6-20(3)7-12-24)17-23-16-26-15-10-22(5)29(28(26)18-23)25-13-8-21(4)9-14-25/h6-16,19,27H,17-18H2,1-5H3. The first-order chi connectivity index (χ1) is 13.9. The fraction of sp³-hybridized carbons (Fsp3) is 0.310. The van der Waals surface area contributed by atoms with E-state index in [2.05, 4.69) is 101 Å². The van der Waals surface area contributed by atoms with Gasteiger partial charge in [-0.3, -0.25) is 0 Å². The summed E-state index contributed by atoms with van der Waals surface area (Å²) in [4.78, 5) is 0. The van der Waals surface area contributed by atoms with Gasteiger partial charge in [-0.1, -0.05) is 97.3 Å². The van der Waals surface area contributed by atoms with Gasteiger partial charge in [0.25, 0.3) is 0 Å². The molecule has 1 aliphatic rings. The van der Waals surface area contributed by atoms with Crippen LogP contribution >= 0.6 is 0 Å². The molecule has 3 aromatic carbocycles. The van der Waals surface area contributed by atoms with Gasteiger partial charge in [0, 0.05) is 0 Å². The summed E-state index contributed by atoms with van der Waals surface area (Å²) in [5, 5.41) is 0. The molecular formula is C29H32. The highest BCUT2D eigenvalue weighted by Crippen LogP contribution is 2.40. The van der Waals surface area contributed by atoms with Gasteiger partial charge in [-0.25, -0.2) is 0 Å². The minimum atomic E-state index is 0.570. The largest absolute Gasteiger partial charge is 0.0646 e. The van der Waals surface area contributed by atoms with E-state index in [1.807, 2.05) is 0 Å². The minimum Gasteiger partial charge on any atom is -0.0646 e. The van der Waals surface area contributed by atoms with Crippen molar-refractivity contribution in [2.75, 3.05) is 0 Å². The molecule has 0 heteroatoms. The molecule has 0 heterocycles. The van der Waals surface area contributed by atoms with E-state index in [4.69, 9.17) is 0 Å². The lowest BCUT2D eigenvalue weighted by Gasteiger charge is -2.22. The maximum atomic E-state index is 2.45. The van der Waals surface area contributed by atoms with Crippen LogP contribution in [0.25, 0.3) is 17.2 Å². The third kappa shape index (κ3) is 4.08. The van der Waals surface area contributed by atoms with Gasteiger partial charge in [-0.2, -0.15) is 0 Å². The summed E-state index contributed by atoms with van der Waals surface area (Å²) < 4.78 is 0. The van der Waals surface area contributed by atoms with Crippen LogP contribution in [-0.4, -0.2) is 0 Å². The molecule has 3 aromatic rings. The highest BCUT2D eigenvalue weighted by atomic mass is 14.3. The predicted octanol–water partition coefficient (Wildman–Crippen LogP) is 8.05. The Morgan fingerprint density at radius 2 is 1.38 bits per heavy atom. The summed E-state index contributed by atoms with van der Waals surface area (Å²) in [5.74, 6) is 1.20. The normalized spacial score (nSPS) is 14.1. The molecule has 0 amide bonds. The Morgan fingerprint density at radius 1 is 0.759 bits per heavy atom. The Hall–Kier alpha value is -2.60. The smallest absolute Gasteiger partial charge is 0.00513 e. The summed E-state index contributed by atoms with van der Waals surface area (Å²) in [7, 11) is 0. The highest BCUT2D eigenvalue weighted by molar-refractivity contribution is 5.79. The number of benzene rings is 3. The lowest BCUT2D eigenvalue weighted by Crippen LogP contribution is -2.08. The second-order valence-corrected chi connectivity index (χ2v) is 9.14. The molecule has 148 valence electrons. The van der Waals surface area contributed by atoms with E-state index in [0.29, 0.717) is 11.8 Å². The van der Waals surface area contributed by atoms with Crippen LogP contribution in [0.2, 0.25) is 0 Å². The minimum absolute atomic E-state index is 0.570. The average Bonchev–Trinajstić information content (AvgIpc) is 3.10. The topological polar surface area (TPSA) is 0 Å². The van der Waals surface area contributed by atoms with Gasteiger partial charge in [0.15, 0.2) is 0 Å². The van der Waals surface area contributed by atoms with E-state index >= 15 is 0 Å². The fourth-order valence-corrected chi connectivity index (χ4v) is 4.69. The third-order valence-electron chi connectivity index (χ3n) is 6.45. The molecule has 0 aliphatic heterocycles. The molecule has 0 aromatic heterocycles. The monoisotopic (exact) mass is 380 g/mol. The average molecular weight is 381 g/mol. The zero-order valence-corrected chi connectivity index (χ0v) is 18.4. The van der Waals surface area contributed by atoms with E-state index in [9.17, 15) is 0 Å². The van der Waals surface area contributed by atoms with Gasteiger partial charge in [0.1, 0.15) is 0 Å². The fourth-order valence-electron chi connectivity index (χ4n) is 4.69. The molecule has 0 saturated carbocycles. The first-order valence-electron chi connectivity index (χ1n) is 10.9. The van der Waals surface area contributed by atoms with E-state index in [1.54, 1.807) is 5.57 Å². The van der Waals surface area contributed by atoms with Crippen molar-refractivity contribution in [3.63, 3.8) is 0 Å². The van der Waals surface area contributed by atoms with Gasteiger partial charge in [-0.15, -0.1) is 0 Å². The van der Waals surface area contributed by atoms with Crippen LogP contribution < -0.4 is 0 Å². The number of allylic oxidation sites excluding steroid dienone is 1. The van der Waals surface area contributed by atoms with Crippen LogP contribution in [0.15, 0.2) is 66.2 Å². The Balaban J connectivity index is 1.63. The quantitative estimate of drug-likeness (QED) is 0.420. The third-order valence-corrected chi connectivity index (χ3v) is 6.45. The maximum Gasteiger partial charge on any atom is -0.00513 e. The van der Waals surface area contributed by atoms with Crippen molar-refractivity contribution in [2.24, 2.45) is 5.92 Å². The first kappa shape index (κ1) is 19.7. The van der Waals surface area contributed by atoms with E-state index in [1.165, 1.54) is 44.5 Å². The van der Waals surface area contributed by atoms with E-state index < -0.39 is 0 Å². The van der Waals surface area contributed by atoms with Crippen molar-refractivity contribution in [1.29, 1.82) is 0 Å². The van der Waals surface area contributed by atoms with Crippen molar-refractivity contribution < 1.29 is 0 Å². The zero-order valence-electron chi connectivity index (χ0n) is 18.4. The predicted molar refractivity (Wildman–Crippen MR) is 126 cm³/mol. The zero-order chi connectivity index (χ0) is 20.5. The van der Waals surface area contributed by atoms with Crippen LogP contribution in [0.4, 0.5) is 0 Å². The van der Waals surface area contributed by atoms with Crippen LogP contribution in [0, 0.1) is 26.7 Å². The molecule has 1 atom stereocenters. The molecule has 0 N–H and O–H groups in total. The number of rotatable bonds is 5. The molecule has 0 radical (unpaired) electrons. The number of hydrogen-bond donors (Lipinski definition) is 0. The molecule has 0 spiro atoms. The summed E-state index contributed by atoms with van der Waals surface area (Å²) in [6, 6.07) is 22.8. The molecule has 0 fully saturated rings. The Kier molecular flexibility index (Phi) is 5.46.